The molecule has 0 radical (unpaired) electrons. The van der Waals surface area contributed by atoms with E-state index in [0.717, 1.165) is 17.7 Å². The standard InChI is InChI=1S/C18H16F4N4/c19-13-5-8-26(16(10-13)11-3-6-23-7-4-11)17-24-14-2-1-12(18(20,21)22)9-15(14)25-17/h1-4,6-7,9,13,16H,5,8,10H2,(H,24,25). The minimum atomic E-state index is -4.41. The zero-order valence-electron chi connectivity index (χ0n) is 13.7. The molecule has 0 bridgehead atoms. The first-order valence-electron chi connectivity index (χ1n) is 8.29. The monoisotopic (exact) mass is 364 g/mol. The topological polar surface area (TPSA) is 44.8 Å². The molecule has 26 heavy (non-hydrogen) atoms. The van der Waals surface area contributed by atoms with Gasteiger partial charge in [0.2, 0.25) is 5.95 Å². The van der Waals surface area contributed by atoms with Gasteiger partial charge in [0.1, 0.15) is 6.17 Å². The average Bonchev–Trinajstić information content (AvgIpc) is 3.04. The lowest BCUT2D eigenvalue weighted by atomic mass is 9.95. The number of hydrogen-bond acceptors (Lipinski definition) is 3. The Bertz CT molecular complexity index is 906. The van der Waals surface area contributed by atoms with Gasteiger partial charge >= 0.3 is 6.18 Å². The van der Waals surface area contributed by atoms with Crippen LogP contribution >= 0.6 is 0 Å². The lowest BCUT2D eigenvalue weighted by Crippen LogP contribution is -2.38. The van der Waals surface area contributed by atoms with Gasteiger partial charge in [0.25, 0.3) is 0 Å². The largest absolute Gasteiger partial charge is 0.416 e. The number of benzene rings is 1. The molecule has 8 heteroatoms. The van der Waals surface area contributed by atoms with E-state index in [2.05, 4.69) is 15.0 Å². The van der Waals surface area contributed by atoms with E-state index < -0.39 is 17.9 Å². The van der Waals surface area contributed by atoms with Crippen LogP contribution in [0, 0.1) is 0 Å². The molecule has 0 amide bonds. The van der Waals surface area contributed by atoms with E-state index in [0.29, 0.717) is 36.4 Å². The van der Waals surface area contributed by atoms with Crippen LogP contribution in [0.3, 0.4) is 0 Å². The quantitative estimate of drug-likeness (QED) is 0.673. The van der Waals surface area contributed by atoms with Gasteiger partial charge in [-0.25, -0.2) is 9.37 Å². The van der Waals surface area contributed by atoms with Gasteiger partial charge in [0.15, 0.2) is 0 Å². The van der Waals surface area contributed by atoms with E-state index in [9.17, 15) is 17.6 Å². The van der Waals surface area contributed by atoms with Gasteiger partial charge in [-0.3, -0.25) is 4.98 Å². The Hall–Kier alpha value is -2.64. The van der Waals surface area contributed by atoms with E-state index in [4.69, 9.17) is 0 Å². The zero-order valence-corrected chi connectivity index (χ0v) is 13.7. The van der Waals surface area contributed by atoms with Crippen LogP contribution in [0.4, 0.5) is 23.5 Å². The van der Waals surface area contributed by atoms with Crippen molar-refractivity contribution in [3.8, 4) is 0 Å². The number of aromatic amines is 1. The number of rotatable bonds is 2. The molecule has 1 aliphatic heterocycles. The second-order valence-electron chi connectivity index (χ2n) is 6.40. The van der Waals surface area contributed by atoms with Crippen LogP contribution in [0.5, 0.6) is 0 Å². The minimum Gasteiger partial charge on any atom is -0.335 e. The van der Waals surface area contributed by atoms with Gasteiger partial charge in [0.05, 0.1) is 22.6 Å². The maximum atomic E-state index is 14.0. The smallest absolute Gasteiger partial charge is 0.335 e. The fraction of sp³-hybridized carbons (Fsp3) is 0.333. The van der Waals surface area contributed by atoms with Crippen molar-refractivity contribution < 1.29 is 17.6 Å². The summed E-state index contributed by atoms with van der Waals surface area (Å²) in [7, 11) is 0. The highest BCUT2D eigenvalue weighted by atomic mass is 19.4. The summed E-state index contributed by atoms with van der Waals surface area (Å²) >= 11 is 0. The third kappa shape index (κ3) is 3.11. The van der Waals surface area contributed by atoms with Crippen LogP contribution < -0.4 is 4.90 Å². The summed E-state index contributed by atoms with van der Waals surface area (Å²) in [5, 5.41) is 0. The second-order valence-corrected chi connectivity index (χ2v) is 6.40. The maximum absolute atomic E-state index is 14.0. The first kappa shape index (κ1) is 16.8. The Morgan fingerprint density at radius 2 is 1.88 bits per heavy atom. The molecule has 2 atom stereocenters. The van der Waals surface area contributed by atoms with Crippen LogP contribution in [-0.2, 0) is 6.18 Å². The highest BCUT2D eigenvalue weighted by molar-refractivity contribution is 5.78. The van der Waals surface area contributed by atoms with Crippen LogP contribution in [0.1, 0.15) is 30.0 Å². The average molecular weight is 364 g/mol. The number of imidazole rings is 1. The van der Waals surface area contributed by atoms with Crippen LogP contribution in [0.25, 0.3) is 11.0 Å². The lowest BCUT2D eigenvalue weighted by Gasteiger charge is -2.37. The molecule has 0 saturated carbocycles. The Balaban J connectivity index is 1.72. The predicted octanol–water partition coefficient (Wildman–Crippen LogP) is 4.66. The number of H-pyrrole nitrogens is 1. The number of piperidine rings is 1. The molecule has 3 aromatic rings. The third-order valence-corrected chi connectivity index (χ3v) is 4.70. The number of halogens is 4. The molecule has 2 unspecified atom stereocenters. The molecule has 1 fully saturated rings. The van der Waals surface area contributed by atoms with E-state index in [1.807, 2.05) is 17.0 Å². The molecule has 1 saturated heterocycles. The molecule has 4 nitrogen and oxygen atoms in total. The van der Waals surface area contributed by atoms with Crippen LogP contribution in [0.15, 0.2) is 42.7 Å². The van der Waals surface area contributed by atoms with Gasteiger partial charge in [-0.2, -0.15) is 13.2 Å². The minimum absolute atomic E-state index is 0.246. The number of nitrogens with zero attached hydrogens (tertiary/aromatic N) is 3. The summed E-state index contributed by atoms with van der Waals surface area (Å²) in [6, 6.07) is 6.81. The van der Waals surface area contributed by atoms with Crippen LogP contribution in [-0.4, -0.2) is 27.7 Å². The van der Waals surface area contributed by atoms with Gasteiger partial charge in [0, 0.05) is 25.4 Å². The normalized spacial score (nSPS) is 21.3. The van der Waals surface area contributed by atoms with Gasteiger partial charge in [-0.1, -0.05) is 0 Å². The van der Waals surface area contributed by atoms with Crippen molar-refractivity contribution in [1.29, 1.82) is 0 Å². The van der Waals surface area contributed by atoms with Crippen molar-refractivity contribution in [3.05, 3.63) is 53.9 Å². The Labute approximate surface area is 146 Å². The second kappa shape index (κ2) is 6.26. The molecule has 136 valence electrons. The number of fused-ring (bicyclic) bond motifs is 1. The number of hydrogen-bond donors (Lipinski definition) is 1. The number of anilines is 1. The molecular formula is C18H16F4N4. The molecule has 0 aliphatic carbocycles. The summed E-state index contributed by atoms with van der Waals surface area (Å²) in [6.45, 7) is 0.431. The number of alkyl halides is 4. The fourth-order valence-corrected chi connectivity index (χ4v) is 3.39. The summed E-state index contributed by atoms with van der Waals surface area (Å²) in [5.41, 5.74) is 0.932. The molecule has 3 heterocycles. The molecule has 1 N–H and O–H groups in total. The van der Waals surface area contributed by atoms with Crippen molar-refractivity contribution in [1.82, 2.24) is 15.0 Å². The molecule has 1 aromatic carbocycles. The zero-order chi connectivity index (χ0) is 18.3. The first-order chi connectivity index (χ1) is 12.4. The third-order valence-electron chi connectivity index (χ3n) is 4.70. The molecule has 1 aliphatic rings. The molecule has 4 rings (SSSR count). The van der Waals surface area contributed by atoms with E-state index in [-0.39, 0.29) is 6.04 Å². The van der Waals surface area contributed by atoms with Crippen molar-refractivity contribution in [2.45, 2.75) is 31.2 Å². The van der Waals surface area contributed by atoms with E-state index in [1.165, 1.54) is 6.07 Å². The summed E-state index contributed by atoms with van der Waals surface area (Å²) in [6.07, 6.45) is -1.40. The summed E-state index contributed by atoms with van der Waals surface area (Å²) in [4.78, 5) is 13.3. The number of pyridine rings is 1. The first-order valence-corrected chi connectivity index (χ1v) is 8.29. The highest BCUT2D eigenvalue weighted by Gasteiger charge is 2.33. The maximum Gasteiger partial charge on any atom is 0.416 e. The highest BCUT2D eigenvalue weighted by Crippen LogP contribution is 2.36. The Morgan fingerprint density at radius 3 is 2.62 bits per heavy atom. The number of nitrogens with one attached hydrogen (secondary N) is 1. The Morgan fingerprint density at radius 1 is 1.12 bits per heavy atom. The van der Waals surface area contributed by atoms with Gasteiger partial charge in [-0.05, 0) is 42.3 Å². The van der Waals surface area contributed by atoms with E-state index in [1.54, 1.807) is 12.4 Å². The van der Waals surface area contributed by atoms with Gasteiger partial charge in [-0.15, -0.1) is 0 Å². The number of aromatic nitrogens is 3. The van der Waals surface area contributed by atoms with Crippen molar-refractivity contribution in [2.24, 2.45) is 0 Å². The van der Waals surface area contributed by atoms with Crippen molar-refractivity contribution >= 4 is 17.0 Å². The summed E-state index contributed by atoms with van der Waals surface area (Å²) < 4.78 is 52.7. The van der Waals surface area contributed by atoms with Crippen molar-refractivity contribution in [3.63, 3.8) is 0 Å². The molecule has 2 aromatic heterocycles. The Kier molecular flexibility index (Phi) is 4.05. The predicted molar refractivity (Wildman–Crippen MR) is 89.5 cm³/mol. The fourth-order valence-electron chi connectivity index (χ4n) is 3.39. The van der Waals surface area contributed by atoms with Gasteiger partial charge < -0.3 is 9.88 Å². The molecular weight excluding hydrogens is 348 g/mol. The van der Waals surface area contributed by atoms with Crippen LogP contribution in [0.2, 0.25) is 0 Å². The van der Waals surface area contributed by atoms with Crippen molar-refractivity contribution in [2.75, 3.05) is 11.4 Å². The SMILES string of the molecule is FC1CCN(c2nc3ccc(C(F)(F)F)cc3[nH]2)C(c2ccncc2)C1. The molecule has 0 spiro atoms. The van der Waals surface area contributed by atoms with E-state index >= 15 is 0 Å². The summed E-state index contributed by atoms with van der Waals surface area (Å²) in [5.74, 6) is 0.452. The lowest BCUT2D eigenvalue weighted by molar-refractivity contribution is -0.137.